The van der Waals surface area contributed by atoms with E-state index >= 15 is 0 Å². The van der Waals surface area contributed by atoms with E-state index in [2.05, 4.69) is 4.99 Å². The summed E-state index contributed by atoms with van der Waals surface area (Å²) in [5.74, 6) is 1.70. The molecule has 3 unspecified atom stereocenters. The molecule has 126 valence electrons. The zero-order chi connectivity index (χ0) is 17.1. The first-order valence-corrected chi connectivity index (χ1v) is 6.71. The highest BCUT2D eigenvalue weighted by Crippen LogP contribution is 2.57. The van der Waals surface area contributed by atoms with Gasteiger partial charge in [-0.05, 0) is 12.1 Å². The third-order valence-electron chi connectivity index (χ3n) is 3.68. The first-order valence-electron chi connectivity index (χ1n) is 6.71. The Morgan fingerprint density at radius 2 is 1.87 bits per heavy atom. The highest BCUT2D eigenvalue weighted by molar-refractivity contribution is 5.76. The van der Waals surface area contributed by atoms with Crippen LogP contribution in [-0.4, -0.2) is 36.5 Å². The topological polar surface area (TPSA) is 155 Å². The summed E-state index contributed by atoms with van der Waals surface area (Å²) in [4.78, 5) is 12.6. The number of methoxy groups -OCH3 is 2. The first-order chi connectivity index (χ1) is 10.9. The molecule has 0 radical (unpaired) electrons. The molecule has 1 saturated heterocycles. The average Bonchev–Trinajstić information content (AvgIpc) is 3.03. The van der Waals surface area contributed by atoms with Crippen molar-refractivity contribution in [1.82, 2.24) is 0 Å². The fourth-order valence-electron chi connectivity index (χ4n) is 3.00. The van der Waals surface area contributed by atoms with E-state index in [1.54, 1.807) is 14.2 Å². The summed E-state index contributed by atoms with van der Waals surface area (Å²) in [6.45, 7) is 0. The molecule has 0 amide bonds. The molecule has 0 aliphatic carbocycles. The fourth-order valence-corrected chi connectivity index (χ4v) is 3.00. The summed E-state index contributed by atoms with van der Waals surface area (Å²) < 4.78 is 16.8. The van der Waals surface area contributed by atoms with Crippen molar-refractivity contribution in [2.75, 3.05) is 14.2 Å². The second-order valence-electron chi connectivity index (χ2n) is 4.94. The van der Waals surface area contributed by atoms with Gasteiger partial charge in [-0.25, -0.2) is 4.99 Å². The molecule has 2 bridgehead atoms. The molecule has 1 aromatic rings. The number of hydrogen-bond donors (Lipinski definition) is 3. The molecule has 0 spiro atoms. The number of fused-ring (bicyclic) bond motifs is 5. The van der Waals surface area contributed by atoms with Crippen LogP contribution in [0.5, 0.6) is 11.5 Å². The van der Waals surface area contributed by atoms with Crippen molar-refractivity contribution < 1.29 is 24.5 Å². The van der Waals surface area contributed by atoms with Gasteiger partial charge in [-0.3, -0.25) is 0 Å². The Morgan fingerprint density at radius 1 is 1.35 bits per heavy atom. The molecule has 2 aliphatic heterocycles. The number of nitrogens with two attached hydrogens (primary N) is 2. The lowest BCUT2D eigenvalue weighted by Gasteiger charge is -2.22. The van der Waals surface area contributed by atoms with Crippen molar-refractivity contribution in [2.45, 2.75) is 24.7 Å². The Hall–Kier alpha value is -2.75. The van der Waals surface area contributed by atoms with E-state index in [0.717, 1.165) is 29.0 Å². The van der Waals surface area contributed by atoms with E-state index in [1.165, 1.54) is 0 Å². The first kappa shape index (κ1) is 16.6. The second kappa shape index (κ2) is 6.57. The number of benzene rings is 1. The lowest BCUT2D eigenvalue weighted by atomic mass is 9.87. The smallest absolute Gasteiger partial charge is 0.291 e. The van der Waals surface area contributed by atoms with Crippen LogP contribution in [0.1, 0.15) is 29.8 Å². The molecule has 0 saturated carbocycles. The van der Waals surface area contributed by atoms with Gasteiger partial charge in [0.1, 0.15) is 17.6 Å². The van der Waals surface area contributed by atoms with Crippen LogP contribution >= 0.6 is 0 Å². The van der Waals surface area contributed by atoms with E-state index in [0.29, 0.717) is 0 Å². The molecule has 5 N–H and O–H groups in total. The van der Waals surface area contributed by atoms with Crippen LogP contribution in [0.25, 0.3) is 0 Å². The van der Waals surface area contributed by atoms with E-state index in [4.69, 9.17) is 41.0 Å². The number of hydrogen-bond acceptors (Lipinski definition) is 6. The number of rotatable bonds is 3. The Kier molecular flexibility index (Phi) is 4.74. The van der Waals surface area contributed by atoms with Crippen molar-refractivity contribution in [1.29, 1.82) is 0 Å². The highest BCUT2D eigenvalue weighted by atomic mass is 16.9. The number of guanidine groups is 1. The van der Waals surface area contributed by atoms with Crippen molar-refractivity contribution in [2.24, 2.45) is 16.5 Å². The Balaban J connectivity index is 0.000000433. The van der Waals surface area contributed by atoms with Crippen LogP contribution in [0, 0.1) is 10.1 Å². The third kappa shape index (κ3) is 3.21. The van der Waals surface area contributed by atoms with Crippen LogP contribution in [0.4, 0.5) is 0 Å². The predicted molar refractivity (Wildman–Crippen MR) is 79.1 cm³/mol. The Bertz CT molecular complexity index is 627. The summed E-state index contributed by atoms with van der Waals surface area (Å²) in [5.41, 5.74) is 13.0. The third-order valence-corrected chi connectivity index (χ3v) is 3.68. The maximum atomic E-state index is 8.36. The van der Waals surface area contributed by atoms with E-state index in [9.17, 15) is 0 Å². The van der Waals surface area contributed by atoms with Crippen LogP contribution < -0.4 is 20.9 Å². The van der Waals surface area contributed by atoms with Crippen LogP contribution in [-0.2, 0) is 4.74 Å². The number of ether oxygens (including phenoxy) is 3. The van der Waals surface area contributed by atoms with Crippen molar-refractivity contribution in [3.63, 3.8) is 0 Å². The largest absolute Gasteiger partial charge is 0.496 e. The van der Waals surface area contributed by atoms with Gasteiger partial charge in [-0.2, -0.15) is 0 Å². The van der Waals surface area contributed by atoms with E-state index < -0.39 is 5.09 Å². The summed E-state index contributed by atoms with van der Waals surface area (Å²) in [6.07, 6.45) is 0.573. The standard InChI is InChI=1S/C13H17N3O3.HNO3/c1-17-7-3-4-8(18-2)11-10(7)9-5-6(12(11)19-9)16-13(14)15;2-1(3)4/h3-4,6,9,12H,5H2,1-2H3,(H4,14,15,16);(H,2,3,4). The zero-order valence-electron chi connectivity index (χ0n) is 12.6. The molecule has 1 aromatic carbocycles. The van der Waals surface area contributed by atoms with Crippen molar-refractivity contribution >= 4 is 5.96 Å². The van der Waals surface area contributed by atoms with E-state index in [-0.39, 0.29) is 24.2 Å². The lowest BCUT2D eigenvalue weighted by molar-refractivity contribution is -0.742. The summed E-state index contributed by atoms with van der Waals surface area (Å²) in [6, 6.07) is 3.73. The second-order valence-corrected chi connectivity index (χ2v) is 4.94. The zero-order valence-corrected chi connectivity index (χ0v) is 12.6. The molecule has 1 fully saturated rings. The van der Waals surface area contributed by atoms with Gasteiger partial charge in [0.2, 0.25) is 0 Å². The molecule has 2 heterocycles. The maximum absolute atomic E-state index is 8.36. The molecule has 3 atom stereocenters. The molecule has 2 aliphatic rings. The van der Waals surface area contributed by atoms with Crippen molar-refractivity contribution in [3.8, 4) is 11.5 Å². The summed E-state index contributed by atoms with van der Waals surface area (Å²) in [5, 5.41) is 13.6. The minimum atomic E-state index is -1.50. The highest BCUT2D eigenvalue weighted by Gasteiger charge is 2.48. The van der Waals surface area contributed by atoms with E-state index in [1.807, 2.05) is 12.1 Å². The van der Waals surface area contributed by atoms with Gasteiger partial charge in [-0.15, -0.1) is 10.1 Å². The minimum Gasteiger partial charge on any atom is -0.496 e. The van der Waals surface area contributed by atoms with Gasteiger partial charge < -0.3 is 30.9 Å². The van der Waals surface area contributed by atoms with Gasteiger partial charge in [0.05, 0.1) is 26.4 Å². The fraction of sp³-hybridized carbons (Fsp3) is 0.462. The molecule has 10 heteroatoms. The van der Waals surface area contributed by atoms with Gasteiger partial charge in [-0.1, -0.05) is 0 Å². The lowest BCUT2D eigenvalue weighted by Crippen LogP contribution is -2.27. The van der Waals surface area contributed by atoms with Crippen LogP contribution in [0.15, 0.2) is 17.1 Å². The SMILES string of the molecule is COc1ccc(OC)c2c1C1CC(N=C(N)N)C2O1.O=[N+]([O-])O. The van der Waals surface area contributed by atoms with Crippen molar-refractivity contribution in [3.05, 3.63) is 33.4 Å². The normalized spacial score (nSPS) is 23.3. The summed E-state index contributed by atoms with van der Waals surface area (Å²) in [7, 11) is 3.30. The van der Waals surface area contributed by atoms with Crippen LogP contribution in [0.3, 0.4) is 0 Å². The average molecular weight is 326 g/mol. The minimum absolute atomic E-state index is 0.0295. The monoisotopic (exact) mass is 326 g/mol. The van der Waals surface area contributed by atoms with Gasteiger partial charge in [0, 0.05) is 17.5 Å². The molecule has 10 nitrogen and oxygen atoms in total. The molecule has 23 heavy (non-hydrogen) atoms. The predicted octanol–water partition coefficient (Wildman–Crippen LogP) is 0.514. The molecule has 3 rings (SSSR count). The molecular weight excluding hydrogens is 308 g/mol. The molecular formula is C13H18N4O6. The van der Waals surface area contributed by atoms with Crippen LogP contribution in [0.2, 0.25) is 0 Å². The quantitative estimate of drug-likeness (QED) is 0.314. The Morgan fingerprint density at radius 3 is 2.35 bits per heavy atom. The molecule has 0 aromatic heterocycles. The Labute approximate surface area is 131 Å². The number of nitrogens with zero attached hydrogens (tertiary/aromatic N) is 2. The maximum Gasteiger partial charge on any atom is 0.291 e. The van der Waals surface area contributed by atoms with Gasteiger partial charge in [0.15, 0.2) is 5.96 Å². The summed E-state index contributed by atoms with van der Waals surface area (Å²) >= 11 is 0. The van der Waals surface area contributed by atoms with Gasteiger partial charge in [0.25, 0.3) is 5.09 Å². The van der Waals surface area contributed by atoms with Gasteiger partial charge >= 0.3 is 0 Å². The number of aliphatic imine (C=N–C) groups is 1.